The van der Waals surface area contributed by atoms with Gasteiger partial charge in [-0.1, -0.05) is 48.5 Å². The van der Waals surface area contributed by atoms with E-state index in [1.165, 1.54) is 16.3 Å². The number of pyridine rings is 1. The Labute approximate surface area is 122 Å². The molecular formula is C18H14N3+. The largest absolute Gasteiger partial charge is 0.260 e. The minimum absolute atomic E-state index is 0.811. The molecule has 0 aliphatic heterocycles. The van der Waals surface area contributed by atoms with Crippen LogP contribution in [0.4, 0.5) is 0 Å². The van der Waals surface area contributed by atoms with E-state index in [1.807, 2.05) is 16.6 Å². The first-order chi connectivity index (χ1) is 10.4. The van der Waals surface area contributed by atoms with Crippen molar-refractivity contribution < 1.29 is 4.52 Å². The molecule has 2 heterocycles. The fourth-order valence-corrected chi connectivity index (χ4v) is 2.63. The third kappa shape index (κ3) is 2.23. The maximum absolute atomic E-state index is 4.48. The smallest absolute Gasteiger partial charge is 0.228 e. The molecule has 3 heteroatoms. The molecule has 0 saturated heterocycles. The van der Waals surface area contributed by atoms with Crippen LogP contribution in [0, 0.1) is 0 Å². The van der Waals surface area contributed by atoms with E-state index >= 15 is 0 Å². The topological polar surface area (TPSA) is 29.9 Å². The third-order valence-corrected chi connectivity index (χ3v) is 3.70. The van der Waals surface area contributed by atoms with E-state index in [-0.39, 0.29) is 0 Å². The number of aromatic nitrogens is 3. The molecule has 0 bridgehead atoms. The summed E-state index contributed by atoms with van der Waals surface area (Å²) in [4.78, 5) is 4.48. The zero-order valence-corrected chi connectivity index (χ0v) is 11.5. The van der Waals surface area contributed by atoms with Crippen LogP contribution < -0.4 is 4.52 Å². The highest BCUT2D eigenvalue weighted by Gasteiger charge is 2.13. The molecule has 0 saturated carbocycles. The molecule has 0 aliphatic carbocycles. The Hall–Kier alpha value is -2.81. The van der Waals surface area contributed by atoms with Crippen LogP contribution in [0.25, 0.3) is 16.3 Å². The van der Waals surface area contributed by atoms with Crippen LogP contribution in [0.15, 0.2) is 73.2 Å². The van der Waals surface area contributed by atoms with Crippen LogP contribution in [0.1, 0.15) is 11.3 Å². The van der Waals surface area contributed by atoms with E-state index in [9.17, 15) is 0 Å². The first-order valence-corrected chi connectivity index (χ1v) is 6.98. The number of nitrogens with zero attached hydrogens (tertiary/aromatic N) is 3. The van der Waals surface area contributed by atoms with Crippen LogP contribution in [-0.4, -0.2) is 10.1 Å². The molecule has 0 spiro atoms. The van der Waals surface area contributed by atoms with Crippen molar-refractivity contribution in [1.29, 1.82) is 0 Å². The molecule has 0 aliphatic rings. The Bertz CT molecular complexity index is 917. The zero-order valence-electron chi connectivity index (χ0n) is 11.5. The number of rotatable bonds is 2. The quantitative estimate of drug-likeness (QED) is 0.415. The molecule has 100 valence electrons. The first kappa shape index (κ1) is 12.0. The average molecular weight is 272 g/mol. The summed E-state index contributed by atoms with van der Waals surface area (Å²) >= 11 is 0. The van der Waals surface area contributed by atoms with E-state index in [1.54, 1.807) is 6.33 Å². The monoisotopic (exact) mass is 272 g/mol. The molecule has 4 rings (SSSR count). The van der Waals surface area contributed by atoms with E-state index in [2.05, 4.69) is 64.8 Å². The summed E-state index contributed by atoms with van der Waals surface area (Å²) in [6.07, 6.45) is 4.49. The summed E-state index contributed by atoms with van der Waals surface area (Å²) in [5.74, 6) is 0. The molecule has 21 heavy (non-hydrogen) atoms. The van der Waals surface area contributed by atoms with Gasteiger partial charge in [0.15, 0.2) is 6.33 Å². The fourth-order valence-electron chi connectivity index (χ4n) is 2.63. The van der Waals surface area contributed by atoms with E-state index in [4.69, 9.17) is 0 Å². The lowest BCUT2D eigenvalue weighted by Gasteiger charge is -2.01. The van der Waals surface area contributed by atoms with Crippen molar-refractivity contribution in [2.45, 2.75) is 6.42 Å². The molecule has 2 aromatic carbocycles. The second-order valence-electron chi connectivity index (χ2n) is 5.10. The number of hydrogen-bond acceptors (Lipinski definition) is 2. The second kappa shape index (κ2) is 4.94. The maximum atomic E-state index is 4.48. The molecule has 0 radical (unpaired) electrons. The fraction of sp³-hybridized carbons (Fsp3) is 0.0556. The van der Waals surface area contributed by atoms with Gasteiger partial charge in [-0.25, -0.2) is 4.98 Å². The van der Waals surface area contributed by atoms with E-state index in [0.717, 1.165) is 17.6 Å². The minimum Gasteiger partial charge on any atom is -0.228 e. The summed E-state index contributed by atoms with van der Waals surface area (Å²) in [5, 5.41) is 6.73. The van der Waals surface area contributed by atoms with Gasteiger partial charge >= 0.3 is 0 Å². The Morgan fingerprint density at radius 3 is 2.48 bits per heavy atom. The first-order valence-electron chi connectivity index (χ1n) is 6.98. The number of hydrogen-bond donors (Lipinski definition) is 0. The van der Waals surface area contributed by atoms with Crippen LogP contribution in [0.2, 0.25) is 0 Å². The predicted octanol–water partition coefficient (Wildman–Crippen LogP) is 2.96. The molecule has 0 atom stereocenters. The summed E-state index contributed by atoms with van der Waals surface area (Å²) in [7, 11) is 0. The Balaban J connectivity index is 1.90. The van der Waals surface area contributed by atoms with Crippen molar-refractivity contribution in [3.8, 4) is 0 Å². The standard InChI is InChI=1S/C18H14N3/c1-2-6-14(7-3-1)10-17-18-11-15-8-4-5-9-16(15)12-21(18)20-13-19-17/h1-9,11-13H,10H2/q+1. The van der Waals surface area contributed by atoms with Gasteiger partial charge in [0, 0.05) is 23.0 Å². The van der Waals surface area contributed by atoms with Gasteiger partial charge in [-0.2, -0.15) is 0 Å². The third-order valence-electron chi connectivity index (χ3n) is 3.70. The minimum atomic E-state index is 0.811. The van der Waals surface area contributed by atoms with Gasteiger partial charge in [-0.3, -0.25) is 0 Å². The summed E-state index contributed by atoms with van der Waals surface area (Å²) in [6, 6.07) is 20.9. The van der Waals surface area contributed by atoms with Crippen molar-refractivity contribution in [3.63, 3.8) is 0 Å². The lowest BCUT2D eigenvalue weighted by molar-refractivity contribution is -0.580. The van der Waals surface area contributed by atoms with Crippen molar-refractivity contribution in [2.75, 3.05) is 0 Å². The van der Waals surface area contributed by atoms with Gasteiger partial charge in [0.05, 0.1) is 0 Å². The Kier molecular flexibility index (Phi) is 2.82. The molecular weight excluding hydrogens is 258 g/mol. The molecule has 0 fully saturated rings. The molecule has 2 aromatic heterocycles. The molecule has 4 aromatic rings. The van der Waals surface area contributed by atoms with Crippen molar-refractivity contribution in [2.24, 2.45) is 0 Å². The number of fused-ring (bicyclic) bond motifs is 2. The maximum Gasteiger partial charge on any atom is 0.260 e. The van der Waals surface area contributed by atoms with Gasteiger partial charge < -0.3 is 0 Å². The van der Waals surface area contributed by atoms with Crippen LogP contribution in [0.3, 0.4) is 0 Å². The predicted molar refractivity (Wildman–Crippen MR) is 81.9 cm³/mol. The van der Waals surface area contributed by atoms with Crippen molar-refractivity contribution in [1.82, 2.24) is 10.1 Å². The number of benzene rings is 2. The van der Waals surface area contributed by atoms with E-state index in [0.29, 0.717) is 0 Å². The second-order valence-corrected chi connectivity index (χ2v) is 5.10. The van der Waals surface area contributed by atoms with Crippen LogP contribution in [0.5, 0.6) is 0 Å². The SMILES string of the molecule is c1ccc(Cc2ncn[n+]3cc4ccccc4cc23)cc1. The highest BCUT2D eigenvalue weighted by atomic mass is 15.2. The van der Waals surface area contributed by atoms with Gasteiger partial charge in [-0.05, 0) is 21.5 Å². The van der Waals surface area contributed by atoms with Crippen LogP contribution in [-0.2, 0) is 6.42 Å². The summed E-state index contributed by atoms with van der Waals surface area (Å²) in [5.41, 5.74) is 3.35. The van der Waals surface area contributed by atoms with Crippen molar-refractivity contribution >= 4 is 16.3 Å². The Morgan fingerprint density at radius 2 is 1.62 bits per heavy atom. The van der Waals surface area contributed by atoms with Crippen LogP contribution >= 0.6 is 0 Å². The lowest BCUT2D eigenvalue weighted by atomic mass is 10.1. The van der Waals surface area contributed by atoms with E-state index < -0.39 is 0 Å². The van der Waals surface area contributed by atoms with Gasteiger partial charge in [0.2, 0.25) is 6.20 Å². The van der Waals surface area contributed by atoms with Gasteiger partial charge in [-0.15, -0.1) is 0 Å². The molecule has 3 nitrogen and oxygen atoms in total. The summed E-state index contributed by atoms with van der Waals surface area (Å²) < 4.78 is 1.91. The molecule has 0 amide bonds. The summed E-state index contributed by atoms with van der Waals surface area (Å²) in [6.45, 7) is 0. The Morgan fingerprint density at radius 1 is 0.857 bits per heavy atom. The van der Waals surface area contributed by atoms with Gasteiger partial charge in [0.1, 0.15) is 5.69 Å². The molecule has 0 unspecified atom stereocenters. The normalized spacial score (nSPS) is 11.0. The zero-order chi connectivity index (χ0) is 14.1. The molecule has 0 N–H and O–H groups in total. The van der Waals surface area contributed by atoms with Gasteiger partial charge in [0.25, 0.3) is 5.52 Å². The van der Waals surface area contributed by atoms with Crippen molar-refractivity contribution in [3.05, 3.63) is 84.4 Å². The highest BCUT2D eigenvalue weighted by molar-refractivity contribution is 5.83. The highest BCUT2D eigenvalue weighted by Crippen LogP contribution is 2.16. The average Bonchev–Trinajstić information content (AvgIpc) is 2.54. The lowest BCUT2D eigenvalue weighted by Crippen LogP contribution is -2.28.